The summed E-state index contributed by atoms with van der Waals surface area (Å²) < 4.78 is 4.80. The molecule has 466 valence electrons. The van der Waals surface area contributed by atoms with Crippen molar-refractivity contribution in [2.75, 3.05) is 4.90 Å². The van der Waals surface area contributed by atoms with E-state index >= 15 is 0 Å². The molecule has 0 fully saturated rings. The monoisotopic (exact) mass is 1290 g/mol. The standard InChI is InChI=1S/C94H59N5S/c1-94(2)82-41-19-18-36-72(82)80-53-64(45-48-83(80)94)98(63-29-20-28-60(51-63)56-22-4-3-5-23-56)84-49-47-66(67-31-14-15-37-73(67)84)61-44-46-77-85(52-61)99(93-96-91(62-43-42-57-24-6-7-26-59(57)50-62)95-92(97-93)76-40-21-27-58-25-8-9-30-65(58)76)89-87(77)74-38-16-17-39-75(74)88-81-54-78-70-34-12-10-32-68(70)69-33-11-13-35-71(69)79(78)55-86(81)100-90(88)89/h3-55H,1-2H3. The largest absolute Gasteiger partial charge is 0.310 e. The van der Waals surface area contributed by atoms with E-state index in [4.69, 9.17) is 15.0 Å². The van der Waals surface area contributed by atoms with Gasteiger partial charge in [0.2, 0.25) is 5.95 Å². The first-order valence-electron chi connectivity index (χ1n) is 34.4. The molecule has 0 aliphatic heterocycles. The molecule has 0 saturated heterocycles. The zero-order chi connectivity index (χ0) is 65.9. The van der Waals surface area contributed by atoms with E-state index in [0.29, 0.717) is 17.6 Å². The molecule has 0 N–H and O–H groups in total. The predicted octanol–water partition coefficient (Wildman–Crippen LogP) is 25.9. The number of rotatable bonds is 8. The zero-order valence-electron chi connectivity index (χ0n) is 54.7. The van der Waals surface area contributed by atoms with Crippen molar-refractivity contribution in [2.45, 2.75) is 19.3 Å². The Kier molecular flexibility index (Phi) is 12.3. The molecule has 1 aliphatic rings. The molecule has 0 bridgehead atoms. The minimum absolute atomic E-state index is 0.136. The molecule has 0 radical (unpaired) electrons. The Balaban J connectivity index is 0.851. The molecule has 3 aromatic heterocycles. The smallest absolute Gasteiger partial charge is 0.238 e. The van der Waals surface area contributed by atoms with Crippen LogP contribution in [0.2, 0.25) is 0 Å². The van der Waals surface area contributed by atoms with Crippen LogP contribution < -0.4 is 4.90 Å². The van der Waals surface area contributed by atoms with Gasteiger partial charge in [0, 0.05) is 59.5 Å². The number of fused-ring (bicyclic) bond motifs is 22. The van der Waals surface area contributed by atoms with Gasteiger partial charge < -0.3 is 4.90 Å². The average molecular weight is 1290 g/mol. The van der Waals surface area contributed by atoms with E-state index in [9.17, 15) is 0 Å². The summed E-state index contributed by atoms with van der Waals surface area (Å²) in [6.07, 6.45) is 0. The highest BCUT2D eigenvalue weighted by Crippen LogP contribution is 2.54. The molecule has 100 heavy (non-hydrogen) atoms. The first kappa shape index (κ1) is 56.6. The van der Waals surface area contributed by atoms with Gasteiger partial charge in [-0.15, -0.1) is 11.3 Å². The molecular formula is C94H59N5S. The lowest BCUT2D eigenvalue weighted by molar-refractivity contribution is 0.660. The Morgan fingerprint density at radius 3 is 1.70 bits per heavy atom. The van der Waals surface area contributed by atoms with Crippen LogP contribution in [0.15, 0.2) is 322 Å². The molecule has 5 nitrogen and oxygen atoms in total. The lowest BCUT2D eigenvalue weighted by atomic mass is 9.82. The molecule has 0 unspecified atom stereocenters. The number of hydrogen-bond acceptors (Lipinski definition) is 5. The summed E-state index contributed by atoms with van der Waals surface area (Å²) in [5, 5.41) is 21.4. The number of benzene rings is 17. The normalized spacial score (nSPS) is 12.8. The molecule has 17 aromatic carbocycles. The Hall–Kier alpha value is -12.6. The van der Waals surface area contributed by atoms with E-state index in [-0.39, 0.29) is 5.41 Å². The highest BCUT2D eigenvalue weighted by Gasteiger charge is 2.36. The van der Waals surface area contributed by atoms with E-state index in [1.54, 1.807) is 0 Å². The molecule has 3 heterocycles. The topological polar surface area (TPSA) is 46.8 Å². The van der Waals surface area contributed by atoms with Crippen molar-refractivity contribution in [3.8, 4) is 62.1 Å². The Morgan fingerprint density at radius 2 is 0.900 bits per heavy atom. The van der Waals surface area contributed by atoms with E-state index in [1.807, 2.05) is 11.3 Å². The van der Waals surface area contributed by atoms with Gasteiger partial charge in [-0.2, -0.15) is 9.97 Å². The van der Waals surface area contributed by atoms with Crippen molar-refractivity contribution >= 4 is 146 Å². The van der Waals surface area contributed by atoms with Crippen LogP contribution in [0.4, 0.5) is 17.1 Å². The summed E-state index contributed by atoms with van der Waals surface area (Å²) in [5.74, 6) is 1.74. The summed E-state index contributed by atoms with van der Waals surface area (Å²) >= 11 is 1.87. The van der Waals surface area contributed by atoms with Crippen LogP contribution in [0, 0.1) is 0 Å². The lowest BCUT2D eigenvalue weighted by Crippen LogP contribution is -2.15. The molecule has 6 heteroatoms. The number of nitrogens with zero attached hydrogens (tertiary/aromatic N) is 5. The van der Waals surface area contributed by atoms with Gasteiger partial charge in [-0.05, 0) is 169 Å². The third-order valence-corrected chi connectivity index (χ3v) is 22.7. The number of anilines is 3. The SMILES string of the molecule is CC1(C)c2ccccc2-c2cc(N(c3cccc(-c4ccccc4)c3)c3ccc(-c4ccc5c6c7ccccc7c7c8cc9c%10ccccc%10c%10ccccc%10c9cc8sc7c6n(-c6nc(-c7ccc8ccccc8c7)nc(-c7cccc8ccccc78)n6)c5c4)c4ccccc34)ccc21. The van der Waals surface area contributed by atoms with Crippen molar-refractivity contribution in [3.05, 3.63) is 333 Å². The number of hydrogen-bond donors (Lipinski definition) is 0. The minimum Gasteiger partial charge on any atom is -0.310 e. The third kappa shape index (κ3) is 8.44. The van der Waals surface area contributed by atoms with Crippen LogP contribution in [0.1, 0.15) is 25.0 Å². The van der Waals surface area contributed by atoms with Crippen molar-refractivity contribution in [3.63, 3.8) is 0 Å². The fourth-order valence-corrected chi connectivity index (χ4v) is 18.2. The molecule has 0 spiro atoms. The molecule has 1 aliphatic carbocycles. The predicted molar refractivity (Wildman–Crippen MR) is 424 cm³/mol. The van der Waals surface area contributed by atoms with E-state index in [1.165, 1.54) is 91.1 Å². The van der Waals surface area contributed by atoms with E-state index in [2.05, 4.69) is 345 Å². The Labute approximate surface area is 580 Å². The fraction of sp³-hybridized carbons (Fsp3) is 0.0319. The fourth-order valence-electron chi connectivity index (χ4n) is 16.9. The molecule has 0 atom stereocenters. The zero-order valence-corrected chi connectivity index (χ0v) is 55.6. The van der Waals surface area contributed by atoms with Crippen LogP contribution in [0.25, 0.3) is 179 Å². The summed E-state index contributed by atoms with van der Waals surface area (Å²) in [7, 11) is 0. The van der Waals surface area contributed by atoms with Crippen LogP contribution in [-0.2, 0) is 5.41 Å². The van der Waals surface area contributed by atoms with Crippen molar-refractivity contribution in [2.24, 2.45) is 0 Å². The average Bonchev–Trinajstić information content (AvgIpc) is 1.47. The lowest BCUT2D eigenvalue weighted by Gasteiger charge is -2.29. The number of thiophene rings is 1. The minimum atomic E-state index is -0.136. The van der Waals surface area contributed by atoms with Crippen molar-refractivity contribution < 1.29 is 0 Å². The third-order valence-electron chi connectivity index (χ3n) is 21.6. The van der Waals surface area contributed by atoms with Gasteiger partial charge in [0.25, 0.3) is 0 Å². The van der Waals surface area contributed by atoms with Gasteiger partial charge in [-0.25, -0.2) is 4.98 Å². The number of aromatic nitrogens is 4. The molecular weight excluding hydrogens is 1230 g/mol. The summed E-state index contributed by atoms with van der Waals surface area (Å²) in [4.78, 5) is 19.5. The Morgan fingerprint density at radius 1 is 0.310 bits per heavy atom. The molecule has 20 aromatic rings. The van der Waals surface area contributed by atoms with E-state index < -0.39 is 0 Å². The maximum absolute atomic E-state index is 5.79. The van der Waals surface area contributed by atoms with Crippen LogP contribution >= 0.6 is 11.3 Å². The van der Waals surface area contributed by atoms with Crippen LogP contribution in [0.3, 0.4) is 0 Å². The summed E-state index contributed by atoms with van der Waals surface area (Å²) in [6.45, 7) is 4.71. The second-order valence-corrected chi connectivity index (χ2v) is 28.4. The Bertz CT molecular complexity index is 6890. The molecule has 21 rings (SSSR count). The summed E-state index contributed by atoms with van der Waals surface area (Å²) in [6, 6.07) is 119. The van der Waals surface area contributed by atoms with Gasteiger partial charge in [0.05, 0.1) is 21.4 Å². The maximum Gasteiger partial charge on any atom is 0.238 e. The second kappa shape index (κ2) is 21.7. The van der Waals surface area contributed by atoms with E-state index in [0.717, 1.165) is 99.0 Å². The van der Waals surface area contributed by atoms with Gasteiger partial charge in [-0.3, -0.25) is 4.57 Å². The highest BCUT2D eigenvalue weighted by molar-refractivity contribution is 7.27. The van der Waals surface area contributed by atoms with Gasteiger partial charge in [-0.1, -0.05) is 281 Å². The first-order chi connectivity index (χ1) is 49.3. The van der Waals surface area contributed by atoms with Crippen LogP contribution in [0.5, 0.6) is 0 Å². The van der Waals surface area contributed by atoms with Crippen LogP contribution in [-0.4, -0.2) is 19.5 Å². The quantitative estimate of drug-likeness (QED) is 0.142. The highest BCUT2D eigenvalue weighted by atomic mass is 32.1. The van der Waals surface area contributed by atoms with Gasteiger partial charge in [0.1, 0.15) is 0 Å². The van der Waals surface area contributed by atoms with Crippen molar-refractivity contribution in [1.82, 2.24) is 19.5 Å². The first-order valence-corrected chi connectivity index (χ1v) is 35.2. The van der Waals surface area contributed by atoms with Gasteiger partial charge in [0.15, 0.2) is 11.6 Å². The second-order valence-electron chi connectivity index (χ2n) is 27.3. The summed E-state index contributed by atoms with van der Waals surface area (Å²) in [5.41, 5.74) is 16.8. The molecule has 0 saturated carbocycles. The maximum atomic E-state index is 5.79. The van der Waals surface area contributed by atoms with Gasteiger partial charge >= 0.3 is 0 Å². The molecule has 0 amide bonds. The van der Waals surface area contributed by atoms with Crippen molar-refractivity contribution in [1.29, 1.82) is 0 Å².